The molecular weight excluding hydrogens is 244 g/mol. The SMILES string of the molecule is CC(C)Cn1c(CCl)nc2cc(C(C)C)ccc21. The third-order valence-electron chi connectivity index (χ3n) is 3.19. The number of alkyl halides is 1. The number of rotatable bonds is 4. The van der Waals surface area contributed by atoms with Crippen molar-refractivity contribution in [3.63, 3.8) is 0 Å². The van der Waals surface area contributed by atoms with E-state index >= 15 is 0 Å². The molecule has 2 aromatic rings. The minimum Gasteiger partial charge on any atom is -0.327 e. The van der Waals surface area contributed by atoms with E-state index in [1.807, 2.05) is 0 Å². The Morgan fingerprint density at radius 2 is 1.94 bits per heavy atom. The van der Waals surface area contributed by atoms with Crippen LogP contribution in [0.4, 0.5) is 0 Å². The zero-order valence-corrected chi connectivity index (χ0v) is 12.3. The van der Waals surface area contributed by atoms with Gasteiger partial charge in [0.25, 0.3) is 0 Å². The van der Waals surface area contributed by atoms with Crippen LogP contribution in [0.3, 0.4) is 0 Å². The summed E-state index contributed by atoms with van der Waals surface area (Å²) in [6.45, 7) is 9.81. The van der Waals surface area contributed by atoms with Gasteiger partial charge in [-0.25, -0.2) is 4.98 Å². The van der Waals surface area contributed by atoms with Gasteiger partial charge in [-0.2, -0.15) is 0 Å². The van der Waals surface area contributed by atoms with E-state index in [4.69, 9.17) is 11.6 Å². The largest absolute Gasteiger partial charge is 0.327 e. The summed E-state index contributed by atoms with van der Waals surface area (Å²) < 4.78 is 2.25. The second-order valence-corrected chi connectivity index (χ2v) is 5.84. The lowest BCUT2D eigenvalue weighted by atomic mass is 10.0. The van der Waals surface area contributed by atoms with Crippen LogP contribution in [-0.4, -0.2) is 9.55 Å². The van der Waals surface area contributed by atoms with Crippen LogP contribution in [0.15, 0.2) is 18.2 Å². The molecule has 0 radical (unpaired) electrons. The lowest BCUT2D eigenvalue weighted by molar-refractivity contribution is 0.522. The van der Waals surface area contributed by atoms with Crippen LogP contribution in [-0.2, 0) is 12.4 Å². The van der Waals surface area contributed by atoms with Crippen LogP contribution in [0.5, 0.6) is 0 Å². The van der Waals surface area contributed by atoms with Crippen molar-refractivity contribution in [3.05, 3.63) is 29.6 Å². The van der Waals surface area contributed by atoms with E-state index in [2.05, 4.69) is 55.4 Å². The zero-order chi connectivity index (χ0) is 13.3. The van der Waals surface area contributed by atoms with Gasteiger partial charge in [0.2, 0.25) is 0 Å². The maximum Gasteiger partial charge on any atom is 0.124 e. The fraction of sp³-hybridized carbons (Fsp3) is 0.533. The quantitative estimate of drug-likeness (QED) is 0.741. The standard InChI is InChI=1S/C15H21ClN2/c1-10(2)9-18-14-6-5-12(11(3)4)7-13(14)17-15(18)8-16/h5-7,10-11H,8-9H2,1-4H3. The third-order valence-corrected chi connectivity index (χ3v) is 3.42. The Morgan fingerprint density at radius 3 is 2.50 bits per heavy atom. The molecule has 2 rings (SSSR count). The molecule has 0 aliphatic heterocycles. The molecular formula is C15H21ClN2. The summed E-state index contributed by atoms with van der Waals surface area (Å²) in [5.74, 6) is 2.57. The topological polar surface area (TPSA) is 17.8 Å². The Hall–Kier alpha value is -1.02. The summed E-state index contributed by atoms with van der Waals surface area (Å²) in [6.07, 6.45) is 0. The summed E-state index contributed by atoms with van der Waals surface area (Å²) in [4.78, 5) is 4.66. The first-order valence-electron chi connectivity index (χ1n) is 6.58. The molecule has 0 aliphatic rings. The Balaban J connectivity index is 2.55. The van der Waals surface area contributed by atoms with Gasteiger partial charge in [-0.1, -0.05) is 33.8 Å². The van der Waals surface area contributed by atoms with Gasteiger partial charge in [0, 0.05) is 6.54 Å². The van der Waals surface area contributed by atoms with E-state index < -0.39 is 0 Å². The number of fused-ring (bicyclic) bond motifs is 1. The number of hydrogen-bond donors (Lipinski definition) is 0. The highest BCUT2D eigenvalue weighted by atomic mass is 35.5. The number of benzene rings is 1. The van der Waals surface area contributed by atoms with Gasteiger partial charge in [0.05, 0.1) is 16.9 Å². The van der Waals surface area contributed by atoms with Crippen LogP contribution >= 0.6 is 11.6 Å². The molecule has 98 valence electrons. The molecule has 0 saturated heterocycles. The maximum atomic E-state index is 6.01. The summed E-state index contributed by atoms with van der Waals surface area (Å²) >= 11 is 6.01. The minimum absolute atomic E-state index is 0.471. The summed E-state index contributed by atoms with van der Waals surface area (Å²) in [5, 5.41) is 0. The molecule has 1 aromatic heterocycles. The predicted molar refractivity (Wildman–Crippen MR) is 78.2 cm³/mol. The maximum absolute atomic E-state index is 6.01. The van der Waals surface area contributed by atoms with E-state index in [0.29, 0.717) is 17.7 Å². The molecule has 0 saturated carbocycles. The molecule has 0 aliphatic carbocycles. The molecule has 0 fully saturated rings. The molecule has 0 unspecified atom stereocenters. The Labute approximate surface area is 114 Å². The van der Waals surface area contributed by atoms with E-state index in [-0.39, 0.29) is 0 Å². The molecule has 0 N–H and O–H groups in total. The van der Waals surface area contributed by atoms with E-state index in [1.54, 1.807) is 0 Å². The minimum atomic E-state index is 0.471. The molecule has 1 heterocycles. The zero-order valence-electron chi connectivity index (χ0n) is 11.6. The fourth-order valence-corrected chi connectivity index (χ4v) is 2.43. The first-order chi connectivity index (χ1) is 8.52. The highest BCUT2D eigenvalue weighted by Gasteiger charge is 2.12. The molecule has 0 bridgehead atoms. The van der Waals surface area contributed by atoms with Crippen LogP contribution in [0.2, 0.25) is 0 Å². The average Bonchev–Trinajstić information content (AvgIpc) is 2.65. The molecule has 18 heavy (non-hydrogen) atoms. The normalized spacial score (nSPS) is 11.9. The summed E-state index contributed by atoms with van der Waals surface area (Å²) in [6, 6.07) is 6.56. The molecule has 3 heteroatoms. The number of aromatic nitrogens is 2. The first kappa shape index (κ1) is 13.4. The second kappa shape index (κ2) is 5.31. The highest BCUT2D eigenvalue weighted by Crippen LogP contribution is 2.23. The Bertz CT molecular complexity index is 541. The van der Waals surface area contributed by atoms with Gasteiger partial charge in [-0.05, 0) is 29.5 Å². The molecule has 0 amide bonds. The van der Waals surface area contributed by atoms with E-state index in [1.165, 1.54) is 11.1 Å². The van der Waals surface area contributed by atoms with Crippen molar-refractivity contribution < 1.29 is 0 Å². The van der Waals surface area contributed by atoms with Crippen LogP contribution < -0.4 is 0 Å². The average molecular weight is 265 g/mol. The van der Waals surface area contributed by atoms with Crippen LogP contribution in [0.25, 0.3) is 11.0 Å². The van der Waals surface area contributed by atoms with Crippen molar-refractivity contribution in [2.75, 3.05) is 0 Å². The second-order valence-electron chi connectivity index (χ2n) is 5.57. The van der Waals surface area contributed by atoms with Gasteiger partial charge >= 0.3 is 0 Å². The highest BCUT2D eigenvalue weighted by molar-refractivity contribution is 6.16. The van der Waals surface area contributed by atoms with Gasteiger partial charge in [0.15, 0.2) is 0 Å². The Kier molecular flexibility index (Phi) is 3.96. The van der Waals surface area contributed by atoms with E-state index in [0.717, 1.165) is 17.9 Å². The lowest BCUT2D eigenvalue weighted by Crippen LogP contribution is -2.07. The smallest absolute Gasteiger partial charge is 0.124 e. The summed E-state index contributed by atoms with van der Waals surface area (Å²) in [7, 11) is 0. The van der Waals surface area contributed by atoms with Gasteiger partial charge in [-0.15, -0.1) is 11.6 Å². The van der Waals surface area contributed by atoms with Crippen molar-refractivity contribution in [2.24, 2.45) is 5.92 Å². The number of nitrogens with zero attached hydrogens (tertiary/aromatic N) is 2. The molecule has 0 spiro atoms. The van der Waals surface area contributed by atoms with Crippen molar-refractivity contribution in [2.45, 2.75) is 46.0 Å². The fourth-order valence-electron chi connectivity index (χ4n) is 2.23. The monoisotopic (exact) mass is 264 g/mol. The van der Waals surface area contributed by atoms with Crippen molar-refractivity contribution in [1.82, 2.24) is 9.55 Å². The number of hydrogen-bond acceptors (Lipinski definition) is 1. The van der Waals surface area contributed by atoms with Gasteiger partial charge in [-0.3, -0.25) is 0 Å². The summed E-state index contributed by atoms with van der Waals surface area (Å²) in [5.41, 5.74) is 3.60. The van der Waals surface area contributed by atoms with Crippen LogP contribution in [0, 0.1) is 5.92 Å². The van der Waals surface area contributed by atoms with Crippen molar-refractivity contribution in [1.29, 1.82) is 0 Å². The first-order valence-corrected chi connectivity index (χ1v) is 7.11. The molecule has 2 nitrogen and oxygen atoms in total. The number of halogens is 1. The van der Waals surface area contributed by atoms with Crippen LogP contribution in [0.1, 0.15) is 45.0 Å². The van der Waals surface area contributed by atoms with Gasteiger partial charge in [0.1, 0.15) is 5.82 Å². The van der Waals surface area contributed by atoms with E-state index in [9.17, 15) is 0 Å². The van der Waals surface area contributed by atoms with Crippen molar-refractivity contribution >= 4 is 22.6 Å². The van der Waals surface area contributed by atoms with Crippen molar-refractivity contribution in [3.8, 4) is 0 Å². The Morgan fingerprint density at radius 1 is 1.22 bits per heavy atom. The predicted octanol–water partition coefficient (Wildman–Crippen LogP) is 4.55. The third kappa shape index (κ3) is 2.54. The molecule has 0 atom stereocenters. The lowest BCUT2D eigenvalue weighted by Gasteiger charge is -2.11. The number of imidazole rings is 1. The molecule has 1 aromatic carbocycles. The van der Waals surface area contributed by atoms with Gasteiger partial charge < -0.3 is 4.57 Å².